The van der Waals surface area contributed by atoms with Crippen molar-refractivity contribution in [2.75, 3.05) is 13.2 Å². The van der Waals surface area contributed by atoms with Gasteiger partial charge in [0.2, 0.25) is 0 Å². The molecule has 10 atom stereocenters. The fraction of sp³-hybridized carbons (Fsp3) is 0.462. The molecule has 240 valence electrons. The van der Waals surface area contributed by atoms with Crippen LogP contribution >= 0.6 is 11.8 Å². The summed E-state index contributed by atoms with van der Waals surface area (Å²) in [4.78, 5) is 7.90. The first-order valence-corrected chi connectivity index (χ1v) is 14.6. The standard InChI is InChI=1S/C26H28F2N8O8S/c27-11-1-3-13(29-5-11)15-7-35(33-31-15)19-21(39)17(9-37)43-25(23(19)41)45-26-24(42)20(22(40)18(10-38)44-26)36-8-16(32-34-36)14-4-2-12(28)6-30-14/h1-8,17-26,37-42H,9-10H2/t17-,18?,19?,20?,21?,22+,23-,24+,25+,26+/m1/s1. The smallest absolute Gasteiger partial charge is 0.141 e. The molecule has 0 amide bonds. The van der Waals surface area contributed by atoms with Crippen molar-refractivity contribution in [3.8, 4) is 22.8 Å². The quantitative estimate of drug-likeness (QED) is 0.130. The predicted molar refractivity (Wildman–Crippen MR) is 148 cm³/mol. The van der Waals surface area contributed by atoms with Crippen LogP contribution in [0.3, 0.4) is 0 Å². The second-order valence-electron chi connectivity index (χ2n) is 10.4. The van der Waals surface area contributed by atoms with Gasteiger partial charge in [-0.25, -0.2) is 18.1 Å². The van der Waals surface area contributed by atoms with E-state index in [1.165, 1.54) is 46.0 Å². The minimum absolute atomic E-state index is 0.224. The van der Waals surface area contributed by atoms with Crippen molar-refractivity contribution in [3.63, 3.8) is 0 Å². The Labute approximate surface area is 256 Å². The number of ether oxygens (including phenoxy) is 2. The zero-order valence-electron chi connectivity index (χ0n) is 23.0. The molecule has 2 aliphatic heterocycles. The van der Waals surface area contributed by atoms with Crippen LogP contribution < -0.4 is 0 Å². The van der Waals surface area contributed by atoms with Crippen LogP contribution in [0.25, 0.3) is 22.8 Å². The number of hydrogen-bond donors (Lipinski definition) is 6. The van der Waals surface area contributed by atoms with E-state index in [4.69, 9.17) is 9.47 Å². The van der Waals surface area contributed by atoms with E-state index < -0.39 is 84.4 Å². The second kappa shape index (κ2) is 13.1. The molecule has 2 aliphatic rings. The van der Waals surface area contributed by atoms with E-state index in [0.29, 0.717) is 0 Å². The lowest BCUT2D eigenvalue weighted by atomic mass is 9.97. The number of thioether (sulfide) groups is 1. The van der Waals surface area contributed by atoms with Gasteiger partial charge >= 0.3 is 0 Å². The van der Waals surface area contributed by atoms with Crippen LogP contribution in [0.2, 0.25) is 0 Å². The average Bonchev–Trinajstić information content (AvgIpc) is 3.72. The van der Waals surface area contributed by atoms with Crippen molar-refractivity contribution in [2.24, 2.45) is 0 Å². The third kappa shape index (κ3) is 6.18. The molecule has 45 heavy (non-hydrogen) atoms. The third-order valence-electron chi connectivity index (χ3n) is 7.58. The Morgan fingerprint density at radius 2 is 1.07 bits per heavy atom. The monoisotopic (exact) mass is 650 g/mol. The summed E-state index contributed by atoms with van der Waals surface area (Å²) in [5.41, 5.74) is -1.46. The van der Waals surface area contributed by atoms with Gasteiger partial charge in [0.25, 0.3) is 0 Å². The van der Waals surface area contributed by atoms with Crippen LogP contribution in [0.4, 0.5) is 8.78 Å². The Morgan fingerprint density at radius 1 is 0.644 bits per heavy atom. The minimum atomic E-state index is -1.51. The molecule has 4 aromatic heterocycles. The van der Waals surface area contributed by atoms with Gasteiger partial charge in [-0.3, -0.25) is 9.97 Å². The Bertz CT molecular complexity index is 1470. The first-order valence-electron chi connectivity index (χ1n) is 13.7. The number of hydrogen-bond acceptors (Lipinski definition) is 15. The molecule has 0 bridgehead atoms. The highest BCUT2D eigenvalue weighted by atomic mass is 32.2. The van der Waals surface area contributed by atoms with Crippen molar-refractivity contribution in [3.05, 3.63) is 60.7 Å². The SMILES string of the molecule is OCC1O[C@@H](S[C@@H]2O[C@H](CO)C(O)C(n3cc(-c4ccc(F)cn4)nn3)[C@H]2O)[C@@H](O)C(n2cc(-c3ccc(F)cn3)nn2)[C@H]1O. The van der Waals surface area contributed by atoms with Crippen molar-refractivity contribution in [1.82, 2.24) is 40.0 Å². The maximum atomic E-state index is 13.3. The number of nitrogens with zero attached hydrogens (tertiary/aromatic N) is 8. The molecule has 0 spiro atoms. The summed E-state index contributed by atoms with van der Waals surface area (Å²) in [6.45, 7) is -1.29. The summed E-state index contributed by atoms with van der Waals surface area (Å²) in [6, 6.07) is 2.74. The number of rotatable bonds is 8. The zero-order chi connectivity index (χ0) is 31.8. The van der Waals surface area contributed by atoms with Crippen molar-refractivity contribution in [2.45, 2.75) is 59.6 Å². The topological polar surface area (TPSA) is 227 Å². The average molecular weight is 651 g/mol. The zero-order valence-corrected chi connectivity index (χ0v) is 23.9. The van der Waals surface area contributed by atoms with Crippen LogP contribution in [0, 0.1) is 11.6 Å². The van der Waals surface area contributed by atoms with E-state index in [1.807, 2.05) is 0 Å². The molecule has 6 N–H and O–H groups in total. The molecule has 6 heterocycles. The molecule has 0 aliphatic carbocycles. The van der Waals surface area contributed by atoms with Gasteiger partial charge in [0, 0.05) is 0 Å². The largest absolute Gasteiger partial charge is 0.394 e. The number of pyridine rings is 2. The van der Waals surface area contributed by atoms with Gasteiger partial charge in [-0.15, -0.1) is 10.2 Å². The van der Waals surface area contributed by atoms with E-state index in [0.717, 1.165) is 24.2 Å². The lowest BCUT2D eigenvalue weighted by molar-refractivity contribution is -0.189. The van der Waals surface area contributed by atoms with E-state index in [1.54, 1.807) is 0 Å². The molecular weight excluding hydrogens is 622 g/mol. The van der Waals surface area contributed by atoms with E-state index in [-0.39, 0.29) is 22.8 Å². The van der Waals surface area contributed by atoms with Gasteiger partial charge in [-0.05, 0) is 24.3 Å². The van der Waals surface area contributed by atoms with Crippen LogP contribution in [0.5, 0.6) is 0 Å². The summed E-state index contributed by atoms with van der Waals surface area (Å²) < 4.78 is 40.6. The van der Waals surface area contributed by atoms with Gasteiger partial charge in [0.1, 0.15) is 82.6 Å². The van der Waals surface area contributed by atoms with Crippen LogP contribution in [-0.2, 0) is 9.47 Å². The van der Waals surface area contributed by atoms with Crippen molar-refractivity contribution >= 4 is 11.8 Å². The molecule has 6 rings (SSSR count). The highest BCUT2D eigenvalue weighted by Gasteiger charge is 2.51. The molecular formula is C26H28F2N8O8S. The van der Waals surface area contributed by atoms with Gasteiger partial charge in [-0.2, -0.15) is 0 Å². The van der Waals surface area contributed by atoms with Gasteiger partial charge in [-0.1, -0.05) is 22.2 Å². The maximum Gasteiger partial charge on any atom is 0.141 e. The minimum Gasteiger partial charge on any atom is -0.394 e. The molecule has 4 aromatic rings. The van der Waals surface area contributed by atoms with Crippen molar-refractivity contribution in [1.29, 1.82) is 0 Å². The first-order chi connectivity index (χ1) is 21.7. The summed E-state index contributed by atoms with van der Waals surface area (Å²) in [5, 5.41) is 80.6. The summed E-state index contributed by atoms with van der Waals surface area (Å²) in [6.07, 6.45) is -3.58. The number of aliphatic hydroxyl groups excluding tert-OH is 6. The molecule has 16 nitrogen and oxygen atoms in total. The van der Waals surface area contributed by atoms with Crippen LogP contribution in [0.15, 0.2) is 49.1 Å². The molecule has 0 aromatic carbocycles. The number of aliphatic hydroxyl groups is 6. The third-order valence-corrected chi connectivity index (χ3v) is 8.89. The van der Waals surface area contributed by atoms with E-state index in [9.17, 15) is 39.4 Å². The van der Waals surface area contributed by atoms with E-state index >= 15 is 0 Å². The fourth-order valence-electron chi connectivity index (χ4n) is 5.25. The maximum absolute atomic E-state index is 13.3. The highest BCUT2D eigenvalue weighted by molar-refractivity contribution is 8.00. The number of aromatic nitrogens is 8. The Balaban J connectivity index is 1.24. The van der Waals surface area contributed by atoms with Gasteiger partial charge in [0.05, 0.1) is 49.4 Å². The molecule has 2 fully saturated rings. The summed E-state index contributed by atoms with van der Waals surface area (Å²) in [7, 11) is 0. The molecule has 0 saturated carbocycles. The Hall–Kier alpha value is -3.53. The molecule has 4 unspecified atom stereocenters. The lowest BCUT2D eigenvalue weighted by Gasteiger charge is -2.46. The van der Waals surface area contributed by atoms with Gasteiger partial charge in [0.15, 0.2) is 0 Å². The van der Waals surface area contributed by atoms with Gasteiger partial charge < -0.3 is 40.1 Å². The first kappa shape index (κ1) is 31.5. The molecule has 2 saturated heterocycles. The Kier molecular flexibility index (Phi) is 9.13. The van der Waals surface area contributed by atoms with Crippen molar-refractivity contribution < 1.29 is 48.9 Å². The molecule has 0 radical (unpaired) electrons. The van der Waals surface area contributed by atoms with E-state index in [2.05, 4.69) is 30.6 Å². The lowest BCUT2D eigenvalue weighted by Crippen LogP contribution is -2.58. The normalized spacial score (nSPS) is 32.1. The highest BCUT2D eigenvalue weighted by Crippen LogP contribution is 2.42. The summed E-state index contributed by atoms with van der Waals surface area (Å²) >= 11 is 0.786. The fourth-order valence-corrected chi connectivity index (χ4v) is 6.57. The Morgan fingerprint density at radius 3 is 1.42 bits per heavy atom. The van der Waals surface area contributed by atoms with Crippen LogP contribution in [0.1, 0.15) is 12.1 Å². The number of halogens is 2. The molecule has 19 heteroatoms. The second-order valence-corrected chi connectivity index (χ2v) is 11.6. The summed E-state index contributed by atoms with van der Waals surface area (Å²) in [5.74, 6) is -1.10. The van der Waals surface area contributed by atoms with Crippen LogP contribution in [-0.4, -0.2) is 131 Å². The predicted octanol–water partition coefficient (Wildman–Crippen LogP) is -1.33.